The topological polar surface area (TPSA) is 79.3 Å². The number of aromatic nitrogens is 1. The van der Waals surface area contributed by atoms with E-state index in [2.05, 4.69) is 27.8 Å². The third kappa shape index (κ3) is 5.72. The molecule has 0 spiro atoms. The zero-order valence-electron chi connectivity index (χ0n) is 22.0. The number of pyridine rings is 1. The molecule has 206 valence electrons. The molecule has 4 heterocycles. The summed E-state index contributed by atoms with van der Waals surface area (Å²) in [6, 6.07) is 10.3. The molecule has 8 nitrogen and oxygen atoms in total. The molecule has 3 N–H and O–H groups in total. The highest BCUT2D eigenvalue weighted by Gasteiger charge is 2.29. The molecule has 3 atom stereocenters. The minimum absolute atomic E-state index is 0.0734. The summed E-state index contributed by atoms with van der Waals surface area (Å²) in [5.74, 6) is 7.11. The lowest BCUT2D eigenvalue weighted by Gasteiger charge is -2.33. The average molecular weight is 556 g/mol. The van der Waals surface area contributed by atoms with Gasteiger partial charge in [0.1, 0.15) is 23.6 Å². The maximum atomic E-state index is 14.8. The van der Waals surface area contributed by atoms with Crippen LogP contribution in [0.1, 0.15) is 22.3 Å². The van der Waals surface area contributed by atoms with E-state index in [1.807, 2.05) is 28.5 Å². The van der Waals surface area contributed by atoms with Crippen molar-refractivity contribution in [1.29, 1.82) is 0 Å². The summed E-state index contributed by atoms with van der Waals surface area (Å²) in [4.78, 5) is 13.9. The first-order valence-electron chi connectivity index (χ1n) is 12.7. The molecule has 0 aliphatic carbocycles. The second kappa shape index (κ2) is 11.6. The Morgan fingerprint density at radius 2 is 2.05 bits per heavy atom. The first-order chi connectivity index (χ1) is 18.9. The van der Waals surface area contributed by atoms with Crippen molar-refractivity contribution >= 4 is 34.6 Å². The van der Waals surface area contributed by atoms with E-state index in [0.29, 0.717) is 53.0 Å². The predicted octanol–water partition coefficient (Wildman–Crippen LogP) is 4.01. The Hall–Kier alpha value is -3.62. The van der Waals surface area contributed by atoms with Gasteiger partial charge in [0.2, 0.25) is 0 Å². The van der Waals surface area contributed by atoms with Crippen molar-refractivity contribution in [3.8, 4) is 23.5 Å². The monoisotopic (exact) mass is 555 g/mol. The van der Waals surface area contributed by atoms with Gasteiger partial charge in [-0.25, -0.2) is 8.78 Å². The van der Waals surface area contributed by atoms with Gasteiger partial charge >= 0.3 is 0 Å². The fraction of sp³-hybridized carbons (Fsp3) is 0.393. The van der Waals surface area contributed by atoms with E-state index in [1.54, 1.807) is 31.3 Å². The molecule has 0 radical (unpaired) electrons. The van der Waals surface area contributed by atoms with Crippen molar-refractivity contribution in [2.75, 3.05) is 58.1 Å². The summed E-state index contributed by atoms with van der Waals surface area (Å²) in [6.45, 7) is 1.41. The summed E-state index contributed by atoms with van der Waals surface area (Å²) >= 11 is 1.06. The largest absolute Gasteiger partial charge is 0.495 e. The van der Waals surface area contributed by atoms with Crippen LogP contribution < -0.4 is 25.4 Å². The molecule has 11 heteroatoms. The fourth-order valence-corrected chi connectivity index (χ4v) is 5.70. The van der Waals surface area contributed by atoms with Crippen molar-refractivity contribution in [1.82, 2.24) is 14.6 Å². The van der Waals surface area contributed by atoms with Gasteiger partial charge in [0.05, 0.1) is 42.2 Å². The van der Waals surface area contributed by atoms with Crippen LogP contribution in [0.15, 0.2) is 41.4 Å². The van der Waals surface area contributed by atoms with Gasteiger partial charge in [-0.15, -0.1) is 0 Å². The molecular weight excluding hydrogens is 524 g/mol. The Balaban J connectivity index is 1.41. The highest BCUT2D eigenvalue weighted by molar-refractivity contribution is 7.99. The number of hydrogen-bond acceptors (Lipinski definition) is 7. The number of piperidine rings is 1. The summed E-state index contributed by atoms with van der Waals surface area (Å²) in [5.41, 5.74) is 2.11. The minimum Gasteiger partial charge on any atom is -0.495 e. The first kappa shape index (κ1) is 27.0. The number of likely N-dealkylation sites (tertiary alicyclic amines) is 1. The zero-order chi connectivity index (χ0) is 27.5. The Morgan fingerprint density at radius 3 is 2.82 bits per heavy atom. The van der Waals surface area contributed by atoms with Crippen molar-refractivity contribution in [3.05, 3.63) is 47.5 Å². The van der Waals surface area contributed by atoms with Gasteiger partial charge in [-0.05, 0) is 43.8 Å². The van der Waals surface area contributed by atoms with E-state index in [-0.39, 0.29) is 18.6 Å². The zero-order valence-corrected chi connectivity index (χ0v) is 22.8. The first-order valence-corrected chi connectivity index (χ1v) is 13.6. The summed E-state index contributed by atoms with van der Waals surface area (Å²) in [6.07, 6.45) is -0.315. The van der Waals surface area contributed by atoms with E-state index >= 15 is 0 Å². The molecule has 1 saturated heterocycles. The summed E-state index contributed by atoms with van der Waals surface area (Å²) in [5, 5.41) is 9.82. The molecule has 0 saturated carbocycles. The van der Waals surface area contributed by atoms with Gasteiger partial charge in [-0.3, -0.25) is 9.20 Å². The van der Waals surface area contributed by atoms with Gasteiger partial charge in [0, 0.05) is 31.8 Å². The molecule has 0 bridgehead atoms. The number of hydrogen-bond donors (Lipinski definition) is 3. The SMILES string of the molecule is CNC(=O)c1ccc(NCC#Cc2cc3c(N[C@@H]4CCN(C)C[C@@H]4F)ccc4n3c2S[C@H](F)CO4)c(OC)c1. The van der Waals surface area contributed by atoms with Crippen LogP contribution in [0.5, 0.6) is 11.6 Å². The predicted molar refractivity (Wildman–Crippen MR) is 150 cm³/mol. The average Bonchev–Trinajstić information content (AvgIpc) is 3.20. The van der Waals surface area contributed by atoms with Gasteiger partial charge in [0.25, 0.3) is 5.91 Å². The maximum absolute atomic E-state index is 14.8. The van der Waals surface area contributed by atoms with Crippen LogP contribution >= 0.6 is 11.8 Å². The van der Waals surface area contributed by atoms with Gasteiger partial charge in [0.15, 0.2) is 11.4 Å². The van der Waals surface area contributed by atoms with Crippen LogP contribution in [0.25, 0.3) is 5.52 Å². The lowest BCUT2D eigenvalue weighted by molar-refractivity contribution is 0.0962. The molecule has 39 heavy (non-hydrogen) atoms. The normalized spacial score (nSPS) is 20.8. The third-order valence-corrected chi connectivity index (χ3v) is 7.83. The van der Waals surface area contributed by atoms with E-state index in [4.69, 9.17) is 9.47 Å². The molecule has 2 aliphatic rings. The Morgan fingerprint density at radius 1 is 1.23 bits per heavy atom. The van der Waals surface area contributed by atoms with Crippen molar-refractivity contribution in [2.24, 2.45) is 0 Å². The molecule has 1 fully saturated rings. The summed E-state index contributed by atoms with van der Waals surface area (Å²) in [7, 11) is 5.02. The Labute approximate surface area is 230 Å². The molecule has 5 rings (SSSR count). The van der Waals surface area contributed by atoms with Crippen LogP contribution in [0.3, 0.4) is 0 Å². The Kier molecular flexibility index (Phi) is 8.04. The standard InChI is InChI=1S/C28H31F2N5O3S/c1-31-27(36)17-6-7-22(24(14-17)37-3)32-11-4-5-18-13-23-21(33-20-10-12-34(2)15-19(20)29)8-9-26-35(23)28(18)39-25(30)16-38-26/h6-9,13-14,19-20,25,32-33H,10-12,15-16H2,1-3H3,(H,31,36)/t19-,20+,25-/m0/s1. The highest BCUT2D eigenvalue weighted by atomic mass is 32.2. The maximum Gasteiger partial charge on any atom is 0.251 e. The number of nitrogens with one attached hydrogen (secondary N) is 3. The van der Waals surface area contributed by atoms with Gasteiger partial charge in [-0.1, -0.05) is 23.6 Å². The molecule has 1 amide bonds. The number of nitrogens with zero attached hydrogens (tertiary/aromatic N) is 2. The quantitative estimate of drug-likeness (QED) is 0.397. The number of ether oxygens (including phenoxy) is 2. The van der Waals surface area contributed by atoms with E-state index in [9.17, 15) is 13.6 Å². The molecule has 2 aromatic heterocycles. The van der Waals surface area contributed by atoms with Crippen LogP contribution in [0.2, 0.25) is 0 Å². The summed E-state index contributed by atoms with van der Waals surface area (Å²) < 4.78 is 42.4. The fourth-order valence-electron chi connectivity index (χ4n) is 4.79. The van der Waals surface area contributed by atoms with E-state index in [0.717, 1.165) is 29.5 Å². The van der Waals surface area contributed by atoms with E-state index in [1.165, 1.54) is 7.11 Å². The van der Waals surface area contributed by atoms with Crippen LogP contribution in [0, 0.1) is 11.8 Å². The van der Waals surface area contributed by atoms with Crippen molar-refractivity contribution in [2.45, 2.75) is 29.2 Å². The number of benzene rings is 1. The molecule has 0 unspecified atom stereocenters. The van der Waals surface area contributed by atoms with Gasteiger partial charge < -0.3 is 30.3 Å². The number of anilines is 2. The number of rotatable bonds is 6. The van der Waals surface area contributed by atoms with Crippen molar-refractivity contribution < 1.29 is 23.0 Å². The number of carbonyl (C=O) groups excluding carboxylic acids is 1. The molecule has 2 aliphatic heterocycles. The number of alkyl halides is 2. The lowest BCUT2D eigenvalue weighted by atomic mass is 10.0. The number of methoxy groups -OCH3 is 1. The van der Waals surface area contributed by atoms with Crippen LogP contribution in [0.4, 0.5) is 20.2 Å². The second-order valence-corrected chi connectivity index (χ2v) is 10.6. The second-order valence-electron chi connectivity index (χ2n) is 9.48. The lowest BCUT2D eigenvalue weighted by Crippen LogP contribution is -2.46. The highest BCUT2D eigenvalue weighted by Crippen LogP contribution is 2.39. The van der Waals surface area contributed by atoms with Gasteiger partial charge in [-0.2, -0.15) is 0 Å². The number of carbonyl (C=O) groups is 1. The number of amides is 1. The third-order valence-electron chi connectivity index (χ3n) is 6.81. The minimum atomic E-state index is -1.25. The number of thioether (sulfide) groups is 1. The molecule has 3 aromatic rings. The van der Waals surface area contributed by atoms with Crippen LogP contribution in [-0.4, -0.2) is 80.4 Å². The Bertz CT molecular complexity index is 1440. The van der Waals surface area contributed by atoms with Crippen LogP contribution in [-0.2, 0) is 0 Å². The van der Waals surface area contributed by atoms with Crippen molar-refractivity contribution in [3.63, 3.8) is 0 Å². The smallest absolute Gasteiger partial charge is 0.251 e. The molecule has 1 aromatic carbocycles. The van der Waals surface area contributed by atoms with E-state index < -0.39 is 11.7 Å². The number of halogens is 2. The molecular formula is C28H31F2N5O3S.